The fourth-order valence-corrected chi connectivity index (χ4v) is 4.03. The second-order valence-corrected chi connectivity index (χ2v) is 8.09. The fraction of sp³-hybridized carbons (Fsp3) is 0.375. The molecule has 1 amide bonds. The molecule has 1 fully saturated rings. The number of carbonyl (C=O) groups is 1. The Labute approximate surface area is 135 Å². The molecule has 1 aromatic carbocycles. The highest BCUT2D eigenvalue weighted by Crippen LogP contribution is 2.19. The van der Waals surface area contributed by atoms with Crippen LogP contribution in [0, 0.1) is 6.92 Å². The fourth-order valence-electron chi connectivity index (χ4n) is 2.76. The Hall–Kier alpha value is -2.15. The zero-order chi connectivity index (χ0) is 16.4. The molecule has 23 heavy (non-hydrogen) atoms. The van der Waals surface area contributed by atoms with E-state index in [9.17, 15) is 13.2 Å². The summed E-state index contributed by atoms with van der Waals surface area (Å²) >= 11 is 0. The molecule has 0 atom stereocenters. The van der Waals surface area contributed by atoms with Crippen LogP contribution in [-0.2, 0) is 9.84 Å². The second kappa shape index (κ2) is 6.16. The van der Waals surface area contributed by atoms with Crippen molar-refractivity contribution in [3.63, 3.8) is 0 Å². The van der Waals surface area contributed by atoms with Crippen LogP contribution in [-0.4, -0.2) is 53.4 Å². The Kier molecular flexibility index (Phi) is 4.21. The normalized spacial score (nSPS) is 17.7. The van der Waals surface area contributed by atoms with E-state index in [0.29, 0.717) is 18.5 Å². The van der Waals surface area contributed by atoms with Gasteiger partial charge in [0.1, 0.15) is 0 Å². The zero-order valence-corrected chi connectivity index (χ0v) is 13.8. The maximum atomic E-state index is 12.9. The number of aromatic nitrogens is 2. The molecule has 7 heteroatoms. The number of benzene rings is 1. The van der Waals surface area contributed by atoms with Gasteiger partial charge in [-0.2, -0.15) is 0 Å². The molecular weight excluding hydrogens is 314 g/mol. The molecule has 0 spiro atoms. The third-order valence-electron chi connectivity index (χ3n) is 4.01. The minimum atomic E-state index is -3.04. The van der Waals surface area contributed by atoms with Crippen molar-refractivity contribution < 1.29 is 13.2 Å². The molecule has 1 saturated heterocycles. The lowest BCUT2D eigenvalue weighted by molar-refractivity contribution is 0.0768. The first-order chi connectivity index (χ1) is 11.0. The number of carbonyl (C=O) groups excluding carboxylic acids is 1. The first kappa shape index (κ1) is 15.7. The topological polar surface area (TPSA) is 72.3 Å². The van der Waals surface area contributed by atoms with Gasteiger partial charge < -0.3 is 9.47 Å². The van der Waals surface area contributed by atoms with E-state index in [1.165, 1.54) is 0 Å². The lowest BCUT2D eigenvalue weighted by Crippen LogP contribution is -2.34. The van der Waals surface area contributed by atoms with Crippen LogP contribution in [0.1, 0.15) is 22.3 Å². The molecule has 122 valence electrons. The third kappa shape index (κ3) is 3.44. The summed E-state index contributed by atoms with van der Waals surface area (Å²) in [5.41, 5.74) is 2.31. The van der Waals surface area contributed by atoms with Crippen LogP contribution >= 0.6 is 0 Å². The van der Waals surface area contributed by atoms with Gasteiger partial charge in [-0.1, -0.05) is 11.6 Å². The third-order valence-corrected chi connectivity index (χ3v) is 5.72. The highest BCUT2D eigenvalue weighted by molar-refractivity contribution is 7.91. The summed E-state index contributed by atoms with van der Waals surface area (Å²) in [6.45, 7) is 2.65. The quantitative estimate of drug-likeness (QED) is 0.834. The number of imidazole rings is 1. The van der Waals surface area contributed by atoms with E-state index in [-0.39, 0.29) is 24.0 Å². The van der Waals surface area contributed by atoms with Gasteiger partial charge in [0.05, 0.1) is 29.1 Å². The van der Waals surface area contributed by atoms with Gasteiger partial charge in [0.2, 0.25) is 0 Å². The van der Waals surface area contributed by atoms with Crippen molar-refractivity contribution in [2.75, 3.05) is 24.6 Å². The van der Waals surface area contributed by atoms with Crippen LogP contribution in [0.25, 0.3) is 5.69 Å². The predicted octanol–water partition coefficient (Wildman–Crippen LogP) is 1.44. The Balaban J connectivity index is 1.94. The number of amides is 1. The number of aryl methyl sites for hydroxylation is 1. The maximum absolute atomic E-state index is 12.9. The van der Waals surface area contributed by atoms with Crippen LogP contribution in [0.4, 0.5) is 0 Å². The van der Waals surface area contributed by atoms with Crippen LogP contribution in [0.15, 0.2) is 36.9 Å². The van der Waals surface area contributed by atoms with Crippen molar-refractivity contribution in [3.05, 3.63) is 48.0 Å². The number of hydrogen-bond acceptors (Lipinski definition) is 4. The van der Waals surface area contributed by atoms with E-state index in [2.05, 4.69) is 4.98 Å². The number of hydrogen-bond donors (Lipinski definition) is 0. The summed E-state index contributed by atoms with van der Waals surface area (Å²) < 4.78 is 25.3. The van der Waals surface area contributed by atoms with E-state index < -0.39 is 9.84 Å². The van der Waals surface area contributed by atoms with Crippen molar-refractivity contribution in [3.8, 4) is 5.69 Å². The van der Waals surface area contributed by atoms with Crippen LogP contribution in [0.2, 0.25) is 0 Å². The largest absolute Gasteiger partial charge is 0.338 e. The van der Waals surface area contributed by atoms with Crippen LogP contribution < -0.4 is 0 Å². The minimum Gasteiger partial charge on any atom is -0.338 e. The maximum Gasteiger partial charge on any atom is 0.256 e. The monoisotopic (exact) mass is 333 g/mol. The second-order valence-electron chi connectivity index (χ2n) is 5.79. The molecule has 0 aliphatic carbocycles. The van der Waals surface area contributed by atoms with Crippen LogP contribution in [0.3, 0.4) is 0 Å². The predicted molar refractivity (Wildman–Crippen MR) is 87.5 cm³/mol. The molecule has 0 saturated carbocycles. The molecular formula is C16H19N3O3S. The summed E-state index contributed by atoms with van der Waals surface area (Å²) in [4.78, 5) is 18.6. The van der Waals surface area contributed by atoms with Crippen LogP contribution in [0.5, 0.6) is 0 Å². The first-order valence-electron chi connectivity index (χ1n) is 7.55. The first-order valence-corrected chi connectivity index (χ1v) is 9.37. The standard InChI is InChI=1S/C16H19N3O3S/c1-13-3-4-15(19-7-5-17-12-19)14(11-13)16(20)18-6-2-9-23(21,22)10-8-18/h3-5,7,11-12H,2,6,8-10H2,1H3. The summed E-state index contributed by atoms with van der Waals surface area (Å²) in [6, 6.07) is 5.68. The van der Waals surface area contributed by atoms with Crippen molar-refractivity contribution in [2.45, 2.75) is 13.3 Å². The van der Waals surface area contributed by atoms with E-state index in [0.717, 1.165) is 11.3 Å². The molecule has 1 aromatic heterocycles. The summed E-state index contributed by atoms with van der Waals surface area (Å²) in [5.74, 6) is 0.0544. The summed E-state index contributed by atoms with van der Waals surface area (Å²) in [6.07, 6.45) is 5.58. The Morgan fingerprint density at radius 2 is 2.04 bits per heavy atom. The molecule has 0 radical (unpaired) electrons. The summed E-state index contributed by atoms with van der Waals surface area (Å²) in [5, 5.41) is 0. The van der Waals surface area contributed by atoms with E-state index in [4.69, 9.17) is 0 Å². The smallest absolute Gasteiger partial charge is 0.256 e. The van der Waals surface area contributed by atoms with Gasteiger partial charge in [-0.15, -0.1) is 0 Å². The Morgan fingerprint density at radius 3 is 2.78 bits per heavy atom. The lowest BCUT2D eigenvalue weighted by atomic mass is 10.1. The van der Waals surface area contributed by atoms with Gasteiger partial charge in [0.25, 0.3) is 5.91 Å². The molecule has 2 heterocycles. The minimum absolute atomic E-state index is 0.0327. The SMILES string of the molecule is Cc1ccc(-n2ccnc2)c(C(=O)N2CCCS(=O)(=O)CC2)c1. The number of sulfone groups is 1. The van der Waals surface area contributed by atoms with E-state index >= 15 is 0 Å². The lowest BCUT2D eigenvalue weighted by Gasteiger charge is -2.21. The van der Waals surface area contributed by atoms with Gasteiger partial charge in [0.15, 0.2) is 9.84 Å². The van der Waals surface area contributed by atoms with Gasteiger partial charge in [-0.25, -0.2) is 13.4 Å². The number of nitrogens with zero attached hydrogens (tertiary/aromatic N) is 3. The highest BCUT2D eigenvalue weighted by Gasteiger charge is 2.25. The molecule has 6 nitrogen and oxygen atoms in total. The molecule has 0 unspecified atom stereocenters. The van der Waals surface area contributed by atoms with E-state index in [1.807, 2.05) is 25.1 Å². The average molecular weight is 333 g/mol. The summed E-state index contributed by atoms with van der Waals surface area (Å²) in [7, 11) is -3.04. The van der Waals surface area contributed by atoms with Crippen molar-refractivity contribution >= 4 is 15.7 Å². The van der Waals surface area contributed by atoms with Crippen molar-refractivity contribution in [2.24, 2.45) is 0 Å². The van der Waals surface area contributed by atoms with Gasteiger partial charge in [0, 0.05) is 25.5 Å². The average Bonchev–Trinajstić information content (AvgIpc) is 2.97. The Morgan fingerprint density at radius 1 is 1.22 bits per heavy atom. The molecule has 0 bridgehead atoms. The van der Waals surface area contributed by atoms with Gasteiger partial charge >= 0.3 is 0 Å². The number of rotatable bonds is 2. The van der Waals surface area contributed by atoms with Gasteiger partial charge in [-0.05, 0) is 25.5 Å². The van der Waals surface area contributed by atoms with Crippen molar-refractivity contribution in [1.82, 2.24) is 14.5 Å². The van der Waals surface area contributed by atoms with E-state index in [1.54, 1.807) is 28.2 Å². The molecule has 0 N–H and O–H groups in total. The van der Waals surface area contributed by atoms with Crippen molar-refractivity contribution in [1.29, 1.82) is 0 Å². The zero-order valence-electron chi connectivity index (χ0n) is 13.0. The molecule has 2 aromatic rings. The molecule has 1 aliphatic heterocycles. The molecule has 3 rings (SSSR count). The van der Waals surface area contributed by atoms with Gasteiger partial charge in [-0.3, -0.25) is 4.79 Å². The highest BCUT2D eigenvalue weighted by atomic mass is 32.2. The Bertz CT molecular complexity index is 813. The molecule has 1 aliphatic rings.